The molecule has 0 amide bonds. The molecule has 0 aromatic rings. The maximum absolute atomic E-state index is 12.2. The minimum atomic E-state index is -7.22. The van der Waals surface area contributed by atoms with Crippen LogP contribution in [0.3, 0.4) is 0 Å². The molecule has 0 aliphatic carbocycles. The van der Waals surface area contributed by atoms with Crippen LogP contribution in [-0.4, -0.2) is 36.5 Å². The summed E-state index contributed by atoms with van der Waals surface area (Å²) in [5.74, 6) is -13.7. The summed E-state index contributed by atoms with van der Waals surface area (Å²) in [6.07, 6.45) is -5.27. The Morgan fingerprint density at radius 1 is 0.941 bits per heavy atom. The Balaban J connectivity index is 0. The summed E-state index contributed by atoms with van der Waals surface area (Å²) in [7, 11) is -7.22. The molecule has 0 saturated carbocycles. The first kappa shape index (κ1) is 19.3. The van der Waals surface area contributed by atoms with Gasteiger partial charge < -0.3 is 4.55 Å². The van der Waals surface area contributed by atoms with Gasteiger partial charge in [-0.1, -0.05) is 0 Å². The zero-order valence-corrected chi connectivity index (χ0v) is 8.55. The quantitative estimate of drug-likeness (QED) is 0.366. The van der Waals surface area contributed by atoms with Crippen LogP contribution in [0.4, 0.5) is 35.1 Å². The summed E-state index contributed by atoms with van der Waals surface area (Å²) in [5, 5.41) is -6.85. The third-order valence-electron chi connectivity index (χ3n) is 1.37. The van der Waals surface area contributed by atoms with Crippen molar-refractivity contribution >= 4 is 10.1 Å². The largest absolute Gasteiger partial charge is 1.00 e. The van der Waals surface area contributed by atoms with Crippen molar-refractivity contribution in [1.29, 1.82) is 0 Å². The molecule has 17 heavy (non-hydrogen) atoms. The first-order valence-corrected chi connectivity index (χ1v) is 4.47. The van der Waals surface area contributed by atoms with E-state index in [9.17, 15) is 48.1 Å². The van der Waals surface area contributed by atoms with Crippen LogP contribution in [0, 0.1) is 0 Å². The Bertz CT molecular complexity index is 365. The fraction of sp³-hybridized carbons (Fsp3) is 1.00. The predicted molar refractivity (Wildman–Crippen MR) is 30.5 cm³/mol. The van der Waals surface area contributed by atoms with E-state index in [4.69, 9.17) is 0 Å². The van der Waals surface area contributed by atoms with Gasteiger partial charge in [0.25, 0.3) is 0 Å². The van der Waals surface area contributed by atoms with Crippen molar-refractivity contribution in [3.05, 3.63) is 0 Å². The van der Waals surface area contributed by atoms with Crippen LogP contribution in [0.15, 0.2) is 0 Å². The van der Waals surface area contributed by atoms with Gasteiger partial charge in [0.2, 0.25) is 0 Å². The third-order valence-corrected chi connectivity index (χ3v) is 2.26. The molecular weight excluding hydrogens is 287 g/mol. The van der Waals surface area contributed by atoms with Crippen LogP contribution in [0.2, 0.25) is 0 Å². The molecule has 0 aromatic carbocycles. The van der Waals surface area contributed by atoms with E-state index in [1.807, 2.05) is 0 Å². The fourth-order valence-corrected chi connectivity index (χ4v) is 0.938. The van der Waals surface area contributed by atoms with Gasteiger partial charge in [0.15, 0.2) is 10.1 Å². The van der Waals surface area contributed by atoms with Crippen LogP contribution >= 0.6 is 0 Å². The van der Waals surface area contributed by atoms with Gasteiger partial charge in [-0.25, -0.2) is 17.2 Å². The van der Waals surface area contributed by atoms with Crippen molar-refractivity contribution in [2.45, 2.75) is 23.5 Å². The first-order chi connectivity index (χ1) is 6.69. The number of hydrogen-bond acceptors (Lipinski definition) is 3. The van der Waals surface area contributed by atoms with Crippen molar-refractivity contribution in [2.24, 2.45) is 0 Å². The monoisotopic (exact) mass is 288 g/mol. The normalized spacial score (nSPS) is 14.7. The molecule has 0 rings (SSSR count). The van der Waals surface area contributed by atoms with Gasteiger partial charge in [0.05, 0.1) is 0 Å². The van der Waals surface area contributed by atoms with Gasteiger partial charge >= 0.3 is 42.4 Å². The predicted octanol–water partition coefficient (Wildman–Crippen LogP) is -1.34. The second-order valence-corrected chi connectivity index (χ2v) is 3.89. The first-order valence-electron chi connectivity index (χ1n) is 3.06. The number of halogens is 8. The minimum Gasteiger partial charge on any atom is -0.743 e. The van der Waals surface area contributed by atoms with Crippen molar-refractivity contribution in [1.82, 2.24) is 0 Å². The number of alkyl halides is 8. The van der Waals surface area contributed by atoms with Crippen LogP contribution in [0.5, 0.6) is 0 Å². The fourth-order valence-electron chi connectivity index (χ4n) is 0.488. The van der Waals surface area contributed by atoms with Crippen molar-refractivity contribution in [3.8, 4) is 0 Å². The summed E-state index contributed by atoms with van der Waals surface area (Å²) in [6, 6.07) is 0. The SMILES string of the molecule is O=S(=O)([O-])C(F)(F)C(F)(F)C(F)(F)C(F)F.[Li+]. The molecule has 0 atom stereocenters. The Labute approximate surface area is 101 Å². The second-order valence-electron chi connectivity index (χ2n) is 2.47. The maximum Gasteiger partial charge on any atom is 1.00 e. The molecule has 0 aliphatic heterocycles. The molecule has 0 spiro atoms. The molecule has 0 saturated heterocycles. The zero-order chi connectivity index (χ0) is 13.6. The van der Waals surface area contributed by atoms with E-state index in [2.05, 4.69) is 0 Å². The standard InChI is InChI=1S/C4H2F8O3S.Li/c5-1(6)2(7,8)3(9,10)4(11,12)16(13,14)15;/h1H,(H,13,14,15);/q;+1/p-1. The van der Waals surface area contributed by atoms with Crippen LogP contribution in [0.25, 0.3) is 0 Å². The summed E-state index contributed by atoms with van der Waals surface area (Å²) in [5.41, 5.74) is 0. The number of hydrogen-bond donors (Lipinski definition) is 0. The molecule has 0 radical (unpaired) electrons. The van der Waals surface area contributed by atoms with E-state index in [1.54, 1.807) is 0 Å². The van der Waals surface area contributed by atoms with Gasteiger partial charge in [-0.3, -0.25) is 0 Å². The molecule has 0 N–H and O–H groups in total. The van der Waals surface area contributed by atoms with E-state index >= 15 is 0 Å². The summed E-state index contributed by atoms with van der Waals surface area (Å²) in [6.45, 7) is 0. The molecule has 0 fully saturated rings. The van der Waals surface area contributed by atoms with Gasteiger partial charge in [0.1, 0.15) is 0 Å². The van der Waals surface area contributed by atoms with Crippen molar-refractivity contribution < 1.29 is 67.0 Å². The molecule has 0 unspecified atom stereocenters. The van der Waals surface area contributed by atoms with Gasteiger partial charge in [-0.05, 0) is 0 Å². The van der Waals surface area contributed by atoms with Crippen LogP contribution < -0.4 is 18.9 Å². The molecule has 3 nitrogen and oxygen atoms in total. The Morgan fingerprint density at radius 2 is 1.24 bits per heavy atom. The van der Waals surface area contributed by atoms with E-state index in [1.165, 1.54) is 0 Å². The average molecular weight is 288 g/mol. The minimum absolute atomic E-state index is 0. The zero-order valence-electron chi connectivity index (χ0n) is 7.73. The molecule has 13 heteroatoms. The third kappa shape index (κ3) is 2.86. The van der Waals surface area contributed by atoms with Crippen LogP contribution in [0.1, 0.15) is 0 Å². The number of rotatable bonds is 4. The molecule has 0 heterocycles. The molecule has 0 bridgehead atoms. The molecule has 98 valence electrons. The van der Waals surface area contributed by atoms with E-state index in [0.29, 0.717) is 0 Å². The average Bonchev–Trinajstić information content (AvgIpc) is 2.00. The molecule has 0 aliphatic rings. The van der Waals surface area contributed by atoms with Crippen molar-refractivity contribution in [3.63, 3.8) is 0 Å². The van der Waals surface area contributed by atoms with E-state index in [0.717, 1.165) is 0 Å². The maximum atomic E-state index is 12.2. The van der Waals surface area contributed by atoms with Gasteiger partial charge in [-0.15, -0.1) is 0 Å². The van der Waals surface area contributed by atoms with Gasteiger partial charge in [-0.2, -0.15) is 26.3 Å². The molecular formula is C4HF8LiO3S. The topological polar surface area (TPSA) is 57.2 Å². The summed E-state index contributed by atoms with van der Waals surface area (Å²) in [4.78, 5) is 0. The molecule has 0 aromatic heterocycles. The Morgan fingerprint density at radius 3 is 1.41 bits per heavy atom. The second kappa shape index (κ2) is 4.91. The Kier molecular flexibility index (Phi) is 5.57. The van der Waals surface area contributed by atoms with E-state index < -0.39 is 33.6 Å². The summed E-state index contributed by atoms with van der Waals surface area (Å²) < 4.78 is 124. The smallest absolute Gasteiger partial charge is 0.743 e. The Hall–Kier alpha value is -0.0526. The van der Waals surface area contributed by atoms with Crippen LogP contribution in [-0.2, 0) is 10.1 Å². The van der Waals surface area contributed by atoms with Gasteiger partial charge in [0, 0.05) is 0 Å². The van der Waals surface area contributed by atoms with Crippen molar-refractivity contribution in [2.75, 3.05) is 0 Å². The van der Waals surface area contributed by atoms with E-state index in [-0.39, 0.29) is 18.9 Å². The summed E-state index contributed by atoms with van der Waals surface area (Å²) >= 11 is 0.